The molecule has 1 amide bonds. The zero-order valence-corrected chi connectivity index (χ0v) is 48.7. The highest BCUT2D eigenvalue weighted by Crippen LogP contribution is 2.38. The molecule has 0 saturated heterocycles. The minimum Gasteiger partial charge on any atom is -0.756 e. The second-order valence-electron chi connectivity index (χ2n) is 20.9. The van der Waals surface area contributed by atoms with Gasteiger partial charge < -0.3 is 28.5 Å². The Bertz CT molecular complexity index is 1570. The standard InChI is InChI=1S/C63H111N2O7P/c1-7-10-13-16-19-22-25-28-30-32-34-37-40-43-46-49-52-55-62(66)64-60(59-71-73(68,69)70-58-57-65(4,5)6)61(54-51-48-45-42-39-36-27-24-21-18-15-12-9-3)72-63(67)56-53-50-47-44-41-38-35-33-31-29-26-23-20-17-14-11-8-2/h10,13,16,19,22,25,28-32,34,37,40,51,54,60-61H,7-9,11-12,14-15,17-18,20-21,23-24,26-27,33,35-36,38-39,41-50,52-53,55-59H2,1-6H3,(H-,64,66,68,69)/b13-10-,19-16+,25-22+,30-28-,31-29+,34-32+,40-37+,54-51+. The van der Waals surface area contributed by atoms with Crippen LogP contribution in [-0.4, -0.2) is 69.4 Å². The Hall–Kier alpha value is -3.07. The van der Waals surface area contributed by atoms with Crippen LogP contribution in [0.25, 0.3) is 0 Å². The van der Waals surface area contributed by atoms with Gasteiger partial charge in [0.2, 0.25) is 5.91 Å². The molecule has 0 radical (unpaired) electrons. The monoisotopic (exact) mass is 1040 g/mol. The predicted octanol–water partition coefficient (Wildman–Crippen LogP) is 17.4. The number of carbonyl (C=O) groups excluding carboxylic acids is 2. The van der Waals surface area contributed by atoms with E-state index in [0.29, 0.717) is 23.9 Å². The molecule has 3 unspecified atom stereocenters. The molecular formula is C63H111N2O7P. The summed E-state index contributed by atoms with van der Waals surface area (Å²) in [4.78, 5) is 39.9. The molecule has 1 N–H and O–H groups in total. The van der Waals surface area contributed by atoms with E-state index in [1.807, 2.05) is 94.1 Å². The minimum atomic E-state index is -4.72. The molecule has 9 nitrogen and oxygen atoms in total. The number of quaternary nitrogens is 1. The van der Waals surface area contributed by atoms with Gasteiger partial charge in [0.15, 0.2) is 0 Å². The molecule has 0 rings (SSSR count). The van der Waals surface area contributed by atoms with E-state index in [1.165, 1.54) is 122 Å². The largest absolute Gasteiger partial charge is 0.756 e. The fourth-order valence-electron chi connectivity index (χ4n) is 8.08. The first-order chi connectivity index (χ1) is 35.4. The lowest BCUT2D eigenvalue weighted by atomic mass is 10.0. The Balaban J connectivity index is 5.45. The van der Waals surface area contributed by atoms with Crippen LogP contribution in [-0.2, 0) is 27.9 Å². The molecule has 0 aliphatic heterocycles. The summed E-state index contributed by atoms with van der Waals surface area (Å²) < 4.78 is 30.2. The van der Waals surface area contributed by atoms with Crippen molar-refractivity contribution in [1.29, 1.82) is 0 Å². The molecule has 0 spiro atoms. The smallest absolute Gasteiger partial charge is 0.306 e. The molecule has 3 atom stereocenters. The molecule has 0 fully saturated rings. The summed E-state index contributed by atoms with van der Waals surface area (Å²) in [6.45, 7) is 6.65. The summed E-state index contributed by atoms with van der Waals surface area (Å²) in [5.41, 5.74) is 0. The number of carbonyl (C=O) groups is 2. The van der Waals surface area contributed by atoms with Crippen LogP contribution in [0.5, 0.6) is 0 Å². The van der Waals surface area contributed by atoms with E-state index in [0.717, 1.165) is 70.6 Å². The fourth-order valence-corrected chi connectivity index (χ4v) is 8.80. The van der Waals surface area contributed by atoms with Crippen molar-refractivity contribution < 1.29 is 37.3 Å². The van der Waals surface area contributed by atoms with Gasteiger partial charge in [0, 0.05) is 12.8 Å². The molecule has 0 heterocycles. The Kier molecular flexibility index (Phi) is 50.2. The minimum absolute atomic E-state index is 0.0367. The van der Waals surface area contributed by atoms with Gasteiger partial charge in [-0.1, -0.05) is 247 Å². The normalized spacial score (nSPS) is 14.5. The van der Waals surface area contributed by atoms with Gasteiger partial charge in [-0.05, 0) is 76.7 Å². The van der Waals surface area contributed by atoms with E-state index >= 15 is 0 Å². The van der Waals surface area contributed by atoms with Crippen molar-refractivity contribution in [3.05, 3.63) is 97.2 Å². The van der Waals surface area contributed by atoms with Crippen LogP contribution in [0.4, 0.5) is 0 Å². The maximum atomic E-state index is 13.5. The molecular weight excluding hydrogens is 928 g/mol. The third kappa shape index (κ3) is 53.6. The lowest BCUT2D eigenvalue weighted by Crippen LogP contribution is -2.47. The predicted molar refractivity (Wildman–Crippen MR) is 311 cm³/mol. The summed E-state index contributed by atoms with van der Waals surface area (Å²) >= 11 is 0. The van der Waals surface area contributed by atoms with Crippen molar-refractivity contribution in [3.8, 4) is 0 Å². The van der Waals surface area contributed by atoms with Crippen molar-refractivity contribution in [2.24, 2.45) is 0 Å². The Morgan fingerprint density at radius 1 is 0.493 bits per heavy atom. The maximum absolute atomic E-state index is 13.5. The second kappa shape index (κ2) is 52.4. The number of hydrogen-bond donors (Lipinski definition) is 1. The summed E-state index contributed by atoms with van der Waals surface area (Å²) in [5.74, 6) is -0.600. The average Bonchev–Trinajstić information content (AvgIpc) is 3.35. The van der Waals surface area contributed by atoms with Crippen LogP contribution in [0, 0.1) is 0 Å². The van der Waals surface area contributed by atoms with Crippen molar-refractivity contribution in [2.45, 2.75) is 251 Å². The lowest BCUT2D eigenvalue weighted by Gasteiger charge is -2.30. The summed E-state index contributed by atoms with van der Waals surface area (Å²) in [6, 6.07) is -0.918. The van der Waals surface area contributed by atoms with Gasteiger partial charge in [-0.3, -0.25) is 14.2 Å². The molecule has 420 valence electrons. The van der Waals surface area contributed by atoms with E-state index < -0.39 is 26.6 Å². The van der Waals surface area contributed by atoms with Crippen molar-refractivity contribution >= 4 is 19.7 Å². The summed E-state index contributed by atoms with van der Waals surface area (Å²) in [6.07, 6.45) is 69.4. The van der Waals surface area contributed by atoms with Crippen LogP contribution >= 0.6 is 7.82 Å². The molecule has 0 aromatic heterocycles. The van der Waals surface area contributed by atoms with Crippen LogP contribution in [0.3, 0.4) is 0 Å². The molecule has 0 aromatic rings. The van der Waals surface area contributed by atoms with E-state index in [9.17, 15) is 19.0 Å². The first-order valence-corrected chi connectivity index (χ1v) is 31.1. The molecule has 0 bridgehead atoms. The van der Waals surface area contributed by atoms with E-state index in [-0.39, 0.29) is 31.3 Å². The maximum Gasteiger partial charge on any atom is 0.306 e. The number of phosphoric ester groups is 1. The third-order valence-corrected chi connectivity index (χ3v) is 13.6. The zero-order chi connectivity index (χ0) is 53.6. The van der Waals surface area contributed by atoms with Gasteiger partial charge in [0.05, 0.1) is 33.8 Å². The van der Waals surface area contributed by atoms with Gasteiger partial charge in [0.1, 0.15) is 19.3 Å². The Morgan fingerprint density at radius 2 is 0.890 bits per heavy atom. The number of unbranched alkanes of at least 4 members (excludes halogenated alkanes) is 27. The summed E-state index contributed by atoms with van der Waals surface area (Å²) in [7, 11) is 1.14. The molecule has 0 aromatic carbocycles. The number of esters is 1. The SMILES string of the molecule is CC\C=C/C=C/C=C/C=C\C=C\C=C\CCCCCC(=O)NC(COP(=O)([O-])OCC[N+](C)(C)C)C(/C=C/CCCCCCCCCCCCC)OC(=O)CCCCCCCCC/C=C/CCCCCCCC. The van der Waals surface area contributed by atoms with Gasteiger partial charge in [-0.15, -0.1) is 0 Å². The van der Waals surface area contributed by atoms with E-state index in [4.69, 9.17) is 13.8 Å². The molecule has 10 heteroatoms. The lowest BCUT2D eigenvalue weighted by molar-refractivity contribution is -0.870. The molecule has 0 aliphatic carbocycles. The number of ether oxygens (including phenoxy) is 1. The van der Waals surface area contributed by atoms with E-state index in [1.54, 1.807) is 0 Å². The van der Waals surface area contributed by atoms with Gasteiger partial charge in [-0.25, -0.2) is 0 Å². The number of phosphoric acid groups is 1. The zero-order valence-electron chi connectivity index (χ0n) is 47.8. The Labute approximate surface area is 449 Å². The van der Waals surface area contributed by atoms with Crippen LogP contribution in [0.1, 0.15) is 239 Å². The number of nitrogens with one attached hydrogen (secondary N) is 1. The third-order valence-electron chi connectivity index (χ3n) is 12.7. The number of hydrogen-bond acceptors (Lipinski definition) is 7. The molecule has 0 aliphatic rings. The average molecular weight is 1040 g/mol. The number of amides is 1. The van der Waals surface area contributed by atoms with Crippen molar-refractivity contribution in [3.63, 3.8) is 0 Å². The first kappa shape index (κ1) is 69.9. The Morgan fingerprint density at radius 3 is 1.37 bits per heavy atom. The van der Waals surface area contributed by atoms with Crippen LogP contribution in [0.2, 0.25) is 0 Å². The quantitative estimate of drug-likeness (QED) is 0.0161. The fraction of sp³-hybridized carbons (Fsp3) is 0.714. The van der Waals surface area contributed by atoms with E-state index in [2.05, 4.69) is 50.4 Å². The number of likely N-dealkylation sites (N-methyl/N-ethyl adjacent to an activating group) is 1. The topological polar surface area (TPSA) is 114 Å². The van der Waals surface area contributed by atoms with Crippen molar-refractivity contribution in [2.75, 3.05) is 40.9 Å². The number of nitrogens with zero attached hydrogens (tertiary/aromatic N) is 1. The van der Waals surface area contributed by atoms with Gasteiger partial charge >= 0.3 is 5.97 Å². The highest BCUT2D eigenvalue weighted by atomic mass is 31.2. The highest BCUT2D eigenvalue weighted by Gasteiger charge is 2.27. The highest BCUT2D eigenvalue weighted by molar-refractivity contribution is 7.45. The van der Waals surface area contributed by atoms with Gasteiger partial charge in [-0.2, -0.15) is 0 Å². The summed E-state index contributed by atoms with van der Waals surface area (Å²) in [5, 5.41) is 3.00. The number of rotatable bonds is 52. The first-order valence-electron chi connectivity index (χ1n) is 29.6. The van der Waals surface area contributed by atoms with Gasteiger partial charge in [0.25, 0.3) is 7.82 Å². The van der Waals surface area contributed by atoms with Crippen molar-refractivity contribution in [1.82, 2.24) is 5.32 Å². The molecule has 73 heavy (non-hydrogen) atoms. The second-order valence-corrected chi connectivity index (χ2v) is 22.3. The van der Waals surface area contributed by atoms with Crippen LogP contribution in [0.15, 0.2) is 97.2 Å². The number of allylic oxidation sites excluding steroid dienone is 15. The van der Waals surface area contributed by atoms with Crippen LogP contribution < -0.4 is 10.2 Å². The molecule has 0 saturated carbocycles.